The quantitative estimate of drug-likeness (QED) is 0.130. The molecule has 0 saturated heterocycles. The fourth-order valence-corrected chi connectivity index (χ4v) is 5.74. The van der Waals surface area contributed by atoms with Crippen molar-refractivity contribution in [1.29, 1.82) is 0 Å². The van der Waals surface area contributed by atoms with Gasteiger partial charge in [0.1, 0.15) is 11.5 Å². The van der Waals surface area contributed by atoms with E-state index >= 15 is 0 Å². The standard InChI is InChI=1S/2C16H11BrN2OS.Cu/c2*17-13-6-7-15(20)12(8-13)9-18-16-19-14(10-21-16)11-4-2-1-3-5-11;/h2*1-10,20H;. The maximum atomic E-state index is 9.77. The van der Waals surface area contributed by atoms with Crippen LogP contribution >= 0.6 is 54.5 Å². The fraction of sp³-hybridized carbons (Fsp3) is 0. The second kappa shape index (κ2) is 15.9. The van der Waals surface area contributed by atoms with Crippen molar-refractivity contribution in [2.24, 2.45) is 9.98 Å². The van der Waals surface area contributed by atoms with E-state index < -0.39 is 0 Å². The van der Waals surface area contributed by atoms with E-state index in [1.807, 2.05) is 83.6 Å². The molecule has 6 rings (SSSR count). The van der Waals surface area contributed by atoms with E-state index in [9.17, 15) is 10.2 Å². The third-order valence-corrected chi connectivity index (χ3v) is 8.21. The van der Waals surface area contributed by atoms with Gasteiger partial charge in [-0.25, -0.2) is 20.0 Å². The maximum absolute atomic E-state index is 9.77. The smallest absolute Gasteiger partial charge is 0.209 e. The summed E-state index contributed by atoms with van der Waals surface area (Å²) in [6, 6.07) is 30.4. The predicted octanol–water partition coefficient (Wildman–Crippen LogP) is 10.1. The maximum Gasteiger partial charge on any atom is 0.209 e. The number of hydrogen-bond acceptors (Lipinski definition) is 8. The van der Waals surface area contributed by atoms with Gasteiger partial charge in [-0.1, -0.05) is 92.5 Å². The molecule has 2 heterocycles. The molecule has 11 heteroatoms. The van der Waals surface area contributed by atoms with Crippen molar-refractivity contribution >= 4 is 77.2 Å². The van der Waals surface area contributed by atoms with Crippen molar-refractivity contribution in [2.45, 2.75) is 0 Å². The summed E-state index contributed by atoms with van der Waals surface area (Å²) in [5.41, 5.74) is 5.26. The van der Waals surface area contributed by atoms with Crippen LogP contribution in [0.3, 0.4) is 0 Å². The first-order chi connectivity index (χ1) is 20.4. The number of nitrogens with zero attached hydrogens (tertiary/aromatic N) is 4. The minimum atomic E-state index is 0. The first-order valence-corrected chi connectivity index (χ1v) is 15.9. The van der Waals surface area contributed by atoms with Crippen molar-refractivity contribution < 1.29 is 27.3 Å². The van der Waals surface area contributed by atoms with Crippen LogP contribution in [0.15, 0.2) is 127 Å². The second-order valence-corrected chi connectivity index (χ2v) is 12.2. The number of benzene rings is 4. The van der Waals surface area contributed by atoms with Crippen LogP contribution in [-0.4, -0.2) is 32.6 Å². The molecule has 6 aromatic rings. The molecule has 0 bridgehead atoms. The first kappa shape index (κ1) is 32.5. The van der Waals surface area contributed by atoms with Gasteiger partial charge in [-0.3, -0.25) is 0 Å². The van der Waals surface area contributed by atoms with E-state index in [2.05, 4.69) is 51.8 Å². The molecule has 43 heavy (non-hydrogen) atoms. The molecule has 0 aliphatic rings. The first-order valence-electron chi connectivity index (χ1n) is 12.5. The Balaban J connectivity index is 0.000000192. The van der Waals surface area contributed by atoms with Gasteiger partial charge in [-0.2, -0.15) is 0 Å². The van der Waals surface area contributed by atoms with Gasteiger partial charge in [0.25, 0.3) is 0 Å². The molecule has 0 unspecified atom stereocenters. The summed E-state index contributed by atoms with van der Waals surface area (Å²) >= 11 is 9.69. The molecule has 2 N–H and O–H groups in total. The van der Waals surface area contributed by atoms with Crippen LogP contribution < -0.4 is 0 Å². The molecule has 0 saturated carbocycles. The van der Waals surface area contributed by atoms with Crippen molar-refractivity contribution in [3.63, 3.8) is 0 Å². The molecule has 0 aliphatic heterocycles. The summed E-state index contributed by atoms with van der Waals surface area (Å²) in [4.78, 5) is 17.6. The van der Waals surface area contributed by atoms with Crippen molar-refractivity contribution in [3.8, 4) is 34.0 Å². The summed E-state index contributed by atoms with van der Waals surface area (Å²) in [7, 11) is 0. The van der Waals surface area contributed by atoms with Crippen LogP contribution in [-0.2, 0) is 17.1 Å². The van der Waals surface area contributed by atoms with E-state index in [0.29, 0.717) is 21.4 Å². The Kier molecular flexibility index (Phi) is 12.0. The van der Waals surface area contributed by atoms with E-state index in [1.54, 1.807) is 36.7 Å². The average molecular weight is 782 g/mol. The SMILES string of the molecule is Oc1ccc(Br)cc1C=Nc1nc(-c2ccccc2)cs1.Oc1ccc(Br)cc1C=Nc1nc(-c2ccccc2)cs1.[Cu]. The molecule has 2 aromatic heterocycles. The van der Waals surface area contributed by atoms with Crippen molar-refractivity contribution in [2.75, 3.05) is 0 Å². The topological polar surface area (TPSA) is 91.0 Å². The molecule has 0 aliphatic carbocycles. The summed E-state index contributed by atoms with van der Waals surface area (Å²) in [6.07, 6.45) is 3.24. The number of hydrogen-bond donors (Lipinski definition) is 2. The summed E-state index contributed by atoms with van der Waals surface area (Å²) in [5.74, 6) is 0.392. The van der Waals surface area contributed by atoms with Gasteiger partial charge >= 0.3 is 0 Å². The number of thiazole rings is 2. The molecule has 0 spiro atoms. The molecular formula is C32H22Br2CuN4O2S2. The third kappa shape index (κ3) is 9.27. The van der Waals surface area contributed by atoms with Crippen molar-refractivity contribution in [1.82, 2.24) is 9.97 Å². The normalized spacial score (nSPS) is 10.8. The Morgan fingerprint density at radius 2 is 0.977 bits per heavy atom. The van der Waals surface area contributed by atoms with Gasteiger partial charge in [0.15, 0.2) is 0 Å². The monoisotopic (exact) mass is 779 g/mol. The van der Waals surface area contributed by atoms with Crippen molar-refractivity contribution in [3.05, 3.63) is 128 Å². The number of aliphatic imine (C=N–C) groups is 2. The van der Waals surface area contributed by atoms with E-state index in [0.717, 1.165) is 31.5 Å². The number of phenols is 2. The molecule has 1 radical (unpaired) electrons. The number of aromatic hydroxyl groups is 2. The van der Waals surface area contributed by atoms with Gasteiger partial charge < -0.3 is 10.2 Å². The van der Waals surface area contributed by atoms with Gasteiger partial charge in [0.2, 0.25) is 10.3 Å². The van der Waals surface area contributed by atoms with Gasteiger partial charge in [0.05, 0.1) is 11.4 Å². The summed E-state index contributed by atoms with van der Waals surface area (Å²) in [6.45, 7) is 0. The Labute approximate surface area is 284 Å². The van der Waals surface area contributed by atoms with Crippen LogP contribution in [0.5, 0.6) is 11.5 Å². The zero-order chi connectivity index (χ0) is 29.3. The Morgan fingerprint density at radius 3 is 1.37 bits per heavy atom. The van der Waals surface area contributed by atoms with E-state index in [1.165, 1.54) is 22.7 Å². The third-order valence-electron chi connectivity index (χ3n) is 5.73. The molecule has 0 fully saturated rings. The zero-order valence-electron chi connectivity index (χ0n) is 22.1. The van der Waals surface area contributed by atoms with E-state index in [-0.39, 0.29) is 28.6 Å². The van der Waals surface area contributed by atoms with Gasteiger partial charge in [-0.05, 0) is 36.4 Å². The molecule has 0 atom stereocenters. The Bertz CT molecular complexity index is 1710. The molecule has 6 nitrogen and oxygen atoms in total. The van der Waals surface area contributed by atoms with Gasteiger partial charge in [-0.15, -0.1) is 22.7 Å². The van der Waals surface area contributed by atoms with Gasteiger partial charge in [0, 0.05) is 71.5 Å². The predicted molar refractivity (Wildman–Crippen MR) is 181 cm³/mol. The zero-order valence-corrected chi connectivity index (χ0v) is 27.9. The van der Waals surface area contributed by atoms with Crippen LogP contribution in [0.25, 0.3) is 22.5 Å². The summed E-state index contributed by atoms with van der Waals surface area (Å²) < 4.78 is 1.79. The number of rotatable bonds is 6. The minimum Gasteiger partial charge on any atom is -0.507 e. The van der Waals surface area contributed by atoms with Crippen LogP contribution in [0, 0.1) is 0 Å². The molecule has 0 amide bonds. The largest absolute Gasteiger partial charge is 0.507 e. The average Bonchev–Trinajstić information content (AvgIpc) is 3.70. The second-order valence-electron chi connectivity index (χ2n) is 8.69. The molecule has 219 valence electrons. The van der Waals surface area contributed by atoms with Crippen LogP contribution in [0.2, 0.25) is 0 Å². The number of aromatic nitrogens is 2. The fourth-order valence-electron chi connectivity index (χ4n) is 3.64. The number of halogens is 2. The molecular weight excluding hydrogens is 760 g/mol. The number of phenolic OH excluding ortho intramolecular Hbond substituents is 2. The Morgan fingerprint density at radius 1 is 0.581 bits per heavy atom. The minimum absolute atomic E-state index is 0. The van der Waals surface area contributed by atoms with Crippen LogP contribution in [0.4, 0.5) is 10.3 Å². The summed E-state index contributed by atoms with van der Waals surface area (Å²) in [5, 5.41) is 24.8. The van der Waals surface area contributed by atoms with E-state index in [4.69, 9.17) is 0 Å². The van der Waals surface area contributed by atoms with Crippen LogP contribution in [0.1, 0.15) is 11.1 Å². The molecule has 4 aromatic carbocycles. The Hall–Kier alpha value is -3.44.